The monoisotopic (exact) mass is 220 g/mol. The molecular formula is C13H20N2O. The van der Waals surface area contributed by atoms with Crippen molar-refractivity contribution in [2.75, 3.05) is 18.5 Å². The molecule has 0 bridgehead atoms. The van der Waals surface area contributed by atoms with Crippen LogP contribution >= 0.6 is 0 Å². The molecule has 2 heterocycles. The van der Waals surface area contributed by atoms with Crippen LogP contribution in [-0.2, 0) is 4.74 Å². The third-order valence-corrected chi connectivity index (χ3v) is 3.00. The molecule has 3 heteroatoms. The highest BCUT2D eigenvalue weighted by Crippen LogP contribution is 2.15. The molecule has 1 fully saturated rings. The largest absolute Gasteiger partial charge is 0.382 e. The Hall–Kier alpha value is -1.09. The molecule has 1 aromatic heterocycles. The van der Waals surface area contributed by atoms with Gasteiger partial charge in [-0.3, -0.25) is 4.98 Å². The van der Waals surface area contributed by atoms with Crippen LogP contribution in [0.3, 0.4) is 0 Å². The summed E-state index contributed by atoms with van der Waals surface area (Å²) < 4.78 is 5.57. The zero-order valence-corrected chi connectivity index (χ0v) is 9.69. The Morgan fingerprint density at radius 1 is 1.06 bits per heavy atom. The SMILES string of the molecule is c1cc(NC2CCCCCOCC2)ccn1. The van der Waals surface area contributed by atoms with E-state index in [1.807, 2.05) is 24.5 Å². The van der Waals surface area contributed by atoms with Crippen molar-refractivity contribution >= 4 is 5.69 Å². The van der Waals surface area contributed by atoms with Crippen LogP contribution in [0, 0.1) is 0 Å². The molecular weight excluding hydrogens is 200 g/mol. The molecule has 0 aliphatic carbocycles. The summed E-state index contributed by atoms with van der Waals surface area (Å²) in [6.45, 7) is 1.81. The van der Waals surface area contributed by atoms with Crippen molar-refractivity contribution in [2.24, 2.45) is 0 Å². The zero-order valence-electron chi connectivity index (χ0n) is 9.69. The van der Waals surface area contributed by atoms with Gasteiger partial charge in [-0.05, 0) is 31.4 Å². The molecule has 0 saturated carbocycles. The number of pyridine rings is 1. The minimum Gasteiger partial charge on any atom is -0.382 e. The van der Waals surface area contributed by atoms with E-state index < -0.39 is 0 Å². The van der Waals surface area contributed by atoms with Gasteiger partial charge in [-0.15, -0.1) is 0 Å². The number of aromatic nitrogens is 1. The highest BCUT2D eigenvalue weighted by Gasteiger charge is 2.10. The summed E-state index contributed by atoms with van der Waals surface area (Å²) in [6.07, 6.45) is 9.79. The lowest BCUT2D eigenvalue weighted by Crippen LogP contribution is -2.21. The van der Waals surface area contributed by atoms with Crippen LogP contribution in [0.4, 0.5) is 5.69 Å². The lowest BCUT2D eigenvalue weighted by molar-refractivity contribution is 0.129. The number of nitrogens with zero attached hydrogens (tertiary/aromatic N) is 1. The van der Waals surface area contributed by atoms with Gasteiger partial charge in [0.1, 0.15) is 0 Å². The van der Waals surface area contributed by atoms with Crippen LogP contribution in [0.5, 0.6) is 0 Å². The maximum absolute atomic E-state index is 5.57. The third kappa shape index (κ3) is 3.81. The van der Waals surface area contributed by atoms with E-state index in [4.69, 9.17) is 4.74 Å². The summed E-state index contributed by atoms with van der Waals surface area (Å²) in [5, 5.41) is 3.56. The third-order valence-electron chi connectivity index (χ3n) is 3.00. The normalized spacial score (nSPS) is 22.9. The van der Waals surface area contributed by atoms with Crippen LogP contribution in [0.15, 0.2) is 24.5 Å². The second-order valence-electron chi connectivity index (χ2n) is 4.33. The first kappa shape index (κ1) is 11.4. The van der Waals surface area contributed by atoms with Crippen LogP contribution in [0.25, 0.3) is 0 Å². The van der Waals surface area contributed by atoms with E-state index in [9.17, 15) is 0 Å². The molecule has 1 unspecified atom stereocenters. The summed E-state index contributed by atoms with van der Waals surface area (Å²) in [5.41, 5.74) is 1.17. The molecule has 1 saturated heterocycles. The first-order valence-electron chi connectivity index (χ1n) is 6.19. The first-order valence-corrected chi connectivity index (χ1v) is 6.19. The van der Waals surface area contributed by atoms with E-state index in [-0.39, 0.29) is 0 Å². The van der Waals surface area contributed by atoms with Gasteiger partial charge in [0.2, 0.25) is 0 Å². The fourth-order valence-corrected chi connectivity index (χ4v) is 2.07. The van der Waals surface area contributed by atoms with Gasteiger partial charge in [0.15, 0.2) is 0 Å². The van der Waals surface area contributed by atoms with Gasteiger partial charge in [0.05, 0.1) is 0 Å². The highest BCUT2D eigenvalue weighted by molar-refractivity contribution is 5.41. The lowest BCUT2D eigenvalue weighted by Gasteiger charge is -2.18. The van der Waals surface area contributed by atoms with Crippen molar-refractivity contribution in [1.29, 1.82) is 0 Å². The fourth-order valence-electron chi connectivity index (χ4n) is 2.07. The lowest BCUT2D eigenvalue weighted by atomic mass is 10.1. The van der Waals surface area contributed by atoms with E-state index in [1.165, 1.54) is 31.4 Å². The maximum atomic E-state index is 5.57. The van der Waals surface area contributed by atoms with Crippen LogP contribution in [0.2, 0.25) is 0 Å². The predicted molar refractivity (Wildman–Crippen MR) is 65.6 cm³/mol. The molecule has 3 nitrogen and oxygen atoms in total. The van der Waals surface area contributed by atoms with E-state index in [2.05, 4.69) is 10.3 Å². The number of ether oxygens (including phenoxy) is 1. The zero-order chi connectivity index (χ0) is 11.1. The molecule has 1 N–H and O–H groups in total. The van der Waals surface area contributed by atoms with E-state index in [0.717, 1.165) is 19.6 Å². The summed E-state index contributed by atoms with van der Waals surface area (Å²) in [5.74, 6) is 0. The molecule has 2 rings (SSSR count). The highest BCUT2D eigenvalue weighted by atomic mass is 16.5. The van der Waals surface area contributed by atoms with Crippen molar-refractivity contribution < 1.29 is 4.74 Å². The van der Waals surface area contributed by atoms with Crippen molar-refractivity contribution in [3.63, 3.8) is 0 Å². The average Bonchev–Trinajstić information content (AvgIpc) is 2.45. The molecule has 16 heavy (non-hydrogen) atoms. The van der Waals surface area contributed by atoms with Crippen LogP contribution in [0.1, 0.15) is 32.1 Å². The summed E-state index contributed by atoms with van der Waals surface area (Å²) in [7, 11) is 0. The van der Waals surface area contributed by atoms with Crippen molar-refractivity contribution in [1.82, 2.24) is 4.98 Å². The Morgan fingerprint density at radius 3 is 2.81 bits per heavy atom. The number of rotatable bonds is 2. The molecule has 0 aromatic carbocycles. The first-order chi connectivity index (χ1) is 7.95. The molecule has 1 aliphatic heterocycles. The molecule has 1 aliphatic rings. The second kappa shape index (κ2) is 6.48. The Bertz CT molecular complexity index is 279. The van der Waals surface area contributed by atoms with Crippen molar-refractivity contribution in [3.05, 3.63) is 24.5 Å². The molecule has 0 amide bonds. The van der Waals surface area contributed by atoms with Gasteiger partial charge >= 0.3 is 0 Å². The summed E-state index contributed by atoms with van der Waals surface area (Å²) in [4.78, 5) is 4.02. The fraction of sp³-hybridized carbons (Fsp3) is 0.615. The van der Waals surface area contributed by atoms with Gasteiger partial charge in [0, 0.05) is 37.3 Å². The Kier molecular flexibility index (Phi) is 4.62. The van der Waals surface area contributed by atoms with Gasteiger partial charge in [-0.1, -0.05) is 12.8 Å². The smallest absolute Gasteiger partial charge is 0.0485 e. The molecule has 88 valence electrons. The van der Waals surface area contributed by atoms with E-state index in [0.29, 0.717) is 6.04 Å². The standard InChI is InChI=1S/C13H20N2O/c1-2-4-12(7-11-16-10-3-1)15-13-5-8-14-9-6-13/h5-6,8-9,12H,1-4,7,10-11H2,(H,14,15). The minimum absolute atomic E-state index is 0.542. The van der Waals surface area contributed by atoms with Crippen molar-refractivity contribution in [2.45, 2.75) is 38.1 Å². The average molecular weight is 220 g/mol. The van der Waals surface area contributed by atoms with E-state index in [1.54, 1.807) is 0 Å². The second-order valence-corrected chi connectivity index (χ2v) is 4.33. The van der Waals surface area contributed by atoms with E-state index >= 15 is 0 Å². The molecule has 1 aromatic rings. The Morgan fingerprint density at radius 2 is 1.94 bits per heavy atom. The molecule has 1 atom stereocenters. The molecule has 0 radical (unpaired) electrons. The van der Waals surface area contributed by atoms with Crippen LogP contribution in [-0.4, -0.2) is 24.2 Å². The predicted octanol–water partition coefficient (Wildman–Crippen LogP) is 2.84. The summed E-state index contributed by atoms with van der Waals surface area (Å²) in [6, 6.07) is 4.58. The number of hydrogen-bond acceptors (Lipinski definition) is 3. The maximum Gasteiger partial charge on any atom is 0.0485 e. The quantitative estimate of drug-likeness (QED) is 0.832. The summed E-state index contributed by atoms with van der Waals surface area (Å²) >= 11 is 0. The van der Waals surface area contributed by atoms with Crippen LogP contribution < -0.4 is 5.32 Å². The number of hydrogen-bond donors (Lipinski definition) is 1. The number of nitrogens with one attached hydrogen (secondary N) is 1. The van der Waals surface area contributed by atoms with Gasteiger partial charge in [-0.25, -0.2) is 0 Å². The van der Waals surface area contributed by atoms with Gasteiger partial charge in [0.25, 0.3) is 0 Å². The van der Waals surface area contributed by atoms with Gasteiger partial charge in [-0.2, -0.15) is 0 Å². The van der Waals surface area contributed by atoms with Crippen molar-refractivity contribution in [3.8, 4) is 0 Å². The molecule has 0 spiro atoms. The Labute approximate surface area is 97.2 Å². The Balaban J connectivity index is 1.86. The number of anilines is 1. The topological polar surface area (TPSA) is 34.1 Å². The van der Waals surface area contributed by atoms with Gasteiger partial charge < -0.3 is 10.1 Å². The minimum atomic E-state index is 0.542.